The van der Waals surface area contributed by atoms with Crippen LogP contribution >= 0.6 is 23.4 Å². The molecular formula is C17H14ClN3O2S. The second kappa shape index (κ2) is 7.99. The number of anilines is 1. The molecule has 3 aromatic rings. The van der Waals surface area contributed by atoms with E-state index >= 15 is 0 Å². The number of nitrogens with one attached hydrogen (secondary N) is 1. The predicted molar refractivity (Wildman–Crippen MR) is 94.6 cm³/mol. The highest BCUT2D eigenvalue weighted by Crippen LogP contribution is 2.19. The van der Waals surface area contributed by atoms with Crippen molar-refractivity contribution in [1.82, 2.24) is 10.2 Å². The van der Waals surface area contributed by atoms with Crippen LogP contribution < -0.4 is 5.32 Å². The van der Waals surface area contributed by atoms with Gasteiger partial charge >= 0.3 is 0 Å². The molecule has 0 aliphatic heterocycles. The molecule has 0 saturated heterocycles. The fraction of sp³-hybridized carbons (Fsp3) is 0.118. The van der Waals surface area contributed by atoms with Crippen molar-refractivity contribution in [3.8, 4) is 0 Å². The summed E-state index contributed by atoms with van der Waals surface area (Å²) in [6.45, 7) is 0.389. The van der Waals surface area contributed by atoms with E-state index in [2.05, 4.69) is 15.5 Å². The zero-order valence-electron chi connectivity index (χ0n) is 12.6. The Kier molecular flexibility index (Phi) is 5.51. The van der Waals surface area contributed by atoms with Gasteiger partial charge in [-0.05, 0) is 18.2 Å². The first-order chi connectivity index (χ1) is 11.7. The minimum atomic E-state index is 0.0254. The Labute approximate surface area is 148 Å². The monoisotopic (exact) mass is 359 g/mol. The van der Waals surface area contributed by atoms with Crippen LogP contribution in [0.25, 0.3) is 0 Å². The summed E-state index contributed by atoms with van der Waals surface area (Å²) in [7, 11) is 0. The zero-order chi connectivity index (χ0) is 16.8. The standard InChI is InChI=1S/C17H14ClN3O2S/c18-13-7-4-8-14(9-13)19-10-16-20-21-17(23-16)24-11-15(22)12-5-2-1-3-6-12/h1-9,19H,10-11H2. The van der Waals surface area contributed by atoms with Gasteiger partial charge in [0.05, 0.1) is 12.3 Å². The lowest BCUT2D eigenvalue weighted by Crippen LogP contribution is -2.01. The van der Waals surface area contributed by atoms with Gasteiger partial charge in [-0.15, -0.1) is 10.2 Å². The first-order valence-electron chi connectivity index (χ1n) is 7.23. The van der Waals surface area contributed by atoms with Crippen LogP contribution in [0, 0.1) is 0 Å². The molecule has 0 bridgehead atoms. The molecule has 0 aliphatic carbocycles. The highest BCUT2D eigenvalue weighted by atomic mass is 35.5. The van der Waals surface area contributed by atoms with Crippen molar-refractivity contribution in [3.05, 3.63) is 71.1 Å². The van der Waals surface area contributed by atoms with Crippen molar-refractivity contribution in [2.45, 2.75) is 11.8 Å². The number of halogens is 1. The second-order valence-corrected chi connectivity index (χ2v) is 6.27. The molecular weight excluding hydrogens is 346 g/mol. The molecule has 0 fully saturated rings. The Balaban J connectivity index is 1.51. The van der Waals surface area contributed by atoms with Gasteiger partial charge in [-0.1, -0.05) is 59.8 Å². The molecule has 122 valence electrons. The molecule has 1 N–H and O–H groups in total. The Bertz CT molecular complexity index is 823. The summed E-state index contributed by atoms with van der Waals surface area (Å²) in [6.07, 6.45) is 0. The van der Waals surface area contributed by atoms with E-state index in [0.29, 0.717) is 28.2 Å². The SMILES string of the molecule is O=C(CSc1nnc(CNc2cccc(Cl)c2)o1)c1ccccc1. The fourth-order valence-electron chi connectivity index (χ4n) is 1.98. The molecule has 0 unspecified atom stereocenters. The number of hydrogen-bond acceptors (Lipinski definition) is 6. The van der Waals surface area contributed by atoms with E-state index in [9.17, 15) is 4.79 Å². The number of rotatable bonds is 7. The van der Waals surface area contributed by atoms with E-state index in [1.807, 2.05) is 36.4 Å². The number of ketones is 1. The normalized spacial score (nSPS) is 10.5. The number of hydrogen-bond donors (Lipinski definition) is 1. The molecule has 0 saturated carbocycles. The molecule has 5 nitrogen and oxygen atoms in total. The van der Waals surface area contributed by atoms with Crippen molar-refractivity contribution in [2.75, 3.05) is 11.1 Å². The number of carbonyl (C=O) groups is 1. The lowest BCUT2D eigenvalue weighted by molar-refractivity contribution is 0.102. The van der Waals surface area contributed by atoms with Crippen LogP contribution in [0.15, 0.2) is 64.2 Å². The van der Waals surface area contributed by atoms with E-state index < -0.39 is 0 Å². The Morgan fingerprint density at radius 2 is 1.96 bits per heavy atom. The number of benzene rings is 2. The van der Waals surface area contributed by atoms with Crippen LogP contribution in [0.3, 0.4) is 0 Å². The van der Waals surface area contributed by atoms with Crippen molar-refractivity contribution in [2.24, 2.45) is 0 Å². The third-order valence-corrected chi connectivity index (χ3v) is 4.19. The summed E-state index contributed by atoms with van der Waals surface area (Å²) in [4.78, 5) is 12.0. The lowest BCUT2D eigenvalue weighted by atomic mass is 10.2. The molecule has 1 aromatic heterocycles. The number of nitrogens with zero attached hydrogens (tertiary/aromatic N) is 2. The van der Waals surface area contributed by atoms with E-state index in [-0.39, 0.29) is 11.5 Å². The van der Waals surface area contributed by atoms with Gasteiger partial charge in [0.2, 0.25) is 5.89 Å². The summed E-state index contributed by atoms with van der Waals surface area (Å²) < 4.78 is 5.51. The average Bonchev–Trinajstić information content (AvgIpc) is 3.07. The molecule has 0 radical (unpaired) electrons. The summed E-state index contributed by atoms with van der Waals surface area (Å²) in [5, 5.41) is 12.1. The topological polar surface area (TPSA) is 68.0 Å². The summed E-state index contributed by atoms with van der Waals surface area (Å²) in [5.74, 6) is 0.731. The fourth-order valence-corrected chi connectivity index (χ4v) is 2.84. The van der Waals surface area contributed by atoms with Crippen molar-refractivity contribution < 1.29 is 9.21 Å². The number of Topliss-reactive ketones (excluding diaryl/α,β-unsaturated/α-hetero) is 1. The third-order valence-electron chi connectivity index (χ3n) is 3.14. The van der Waals surface area contributed by atoms with Crippen LogP contribution in [0.5, 0.6) is 0 Å². The zero-order valence-corrected chi connectivity index (χ0v) is 14.2. The van der Waals surface area contributed by atoms with Gasteiger partial charge in [-0.25, -0.2) is 0 Å². The van der Waals surface area contributed by atoms with E-state index in [1.165, 1.54) is 11.8 Å². The number of thioether (sulfide) groups is 1. The van der Waals surface area contributed by atoms with Crippen LogP contribution in [0.2, 0.25) is 5.02 Å². The van der Waals surface area contributed by atoms with Gasteiger partial charge in [0.1, 0.15) is 0 Å². The first kappa shape index (κ1) is 16.5. The van der Waals surface area contributed by atoms with Gasteiger partial charge < -0.3 is 9.73 Å². The highest BCUT2D eigenvalue weighted by molar-refractivity contribution is 7.99. The van der Waals surface area contributed by atoms with E-state index in [0.717, 1.165) is 5.69 Å². The van der Waals surface area contributed by atoms with Gasteiger partial charge in [-0.3, -0.25) is 4.79 Å². The predicted octanol–water partition coefficient (Wildman–Crippen LogP) is 4.31. The maximum Gasteiger partial charge on any atom is 0.277 e. The smallest absolute Gasteiger partial charge is 0.277 e. The lowest BCUT2D eigenvalue weighted by Gasteiger charge is -2.03. The average molecular weight is 360 g/mol. The van der Waals surface area contributed by atoms with Gasteiger partial charge in [0.25, 0.3) is 5.22 Å². The first-order valence-corrected chi connectivity index (χ1v) is 8.60. The molecule has 24 heavy (non-hydrogen) atoms. The molecule has 2 aromatic carbocycles. The van der Waals surface area contributed by atoms with E-state index in [1.54, 1.807) is 18.2 Å². The third kappa shape index (κ3) is 4.59. The van der Waals surface area contributed by atoms with Crippen LogP contribution in [-0.2, 0) is 6.54 Å². The van der Waals surface area contributed by atoms with Crippen molar-refractivity contribution in [3.63, 3.8) is 0 Å². The Morgan fingerprint density at radius 3 is 2.75 bits per heavy atom. The Hall–Kier alpha value is -2.31. The molecule has 0 spiro atoms. The molecule has 0 aliphatic rings. The highest BCUT2D eigenvalue weighted by Gasteiger charge is 2.11. The number of carbonyl (C=O) groups excluding carboxylic acids is 1. The van der Waals surface area contributed by atoms with Gasteiger partial charge in [0, 0.05) is 16.3 Å². The number of aromatic nitrogens is 2. The molecule has 0 atom stereocenters. The molecule has 7 heteroatoms. The summed E-state index contributed by atoms with van der Waals surface area (Å²) in [5.41, 5.74) is 1.54. The van der Waals surface area contributed by atoms with Crippen LogP contribution in [0.4, 0.5) is 5.69 Å². The molecule has 1 heterocycles. The molecule has 0 amide bonds. The Morgan fingerprint density at radius 1 is 1.12 bits per heavy atom. The maximum atomic E-state index is 12.0. The van der Waals surface area contributed by atoms with Crippen molar-refractivity contribution in [1.29, 1.82) is 0 Å². The maximum absolute atomic E-state index is 12.0. The largest absolute Gasteiger partial charge is 0.414 e. The van der Waals surface area contributed by atoms with E-state index in [4.69, 9.17) is 16.0 Å². The van der Waals surface area contributed by atoms with Crippen molar-refractivity contribution >= 4 is 34.8 Å². The second-order valence-electron chi connectivity index (χ2n) is 4.90. The minimum Gasteiger partial charge on any atom is -0.414 e. The quantitative estimate of drug-likeness (QED) is 0.500. The minimum absolute atomic E-state index is 0.0254. The summed E-state index contributed by atoms with van der Waals surface area (Å²) in [6, 6.07) is 16.5. The van der Waals surface area contributed by atoms with Gasteiger partial charge in [0.15, 0.2) is 5.78 Å². The molecule has 3 rings (SSSR count). The van der Waals surface area contributed by atoms with Crippen LogP contribution in [-0.4, -0.2) is 21.7 Å². The van der Waals surface area contributed by atoms with Gasteiger partial charge in [-0.2, -0.15) is 0 Å². The van der Waals surface area contributed by atoms with Crippen LogP contribution in [0.1, 0.15) is 16.2 Å². The summed E-state index contributed by atoms with van der Waals surface area (Å²) >= 11 is 7.16.